The highest BCUT2D eigenvalue weighted by Gasteiger charge is 2.14. The van der Waals surface area contributed by atoms with Crippen molar-refractivity contribution >= 4 is 23.2 Å². The van der Waals surface area contributed by atoms with Crippen LogP contribution >= 0.6 is 12.2 Å². The average molecular weight is 308 g/mol. The lowest BCUT2D eigenvalue weighted by Gasteiger charge is -2.24. The number of rotatable bonds is 8. The van der Waals surface area contributed by atoms with Crippen LogP contribution in [0.1, 0.15) is 25.0 Å². The lowest BCUT2D eigenvalue weighted by Crippen LogP contribution is -2.33. The van der Waals surface area contributed by atoms with Crippen LogP contribution in [0.5, 0.6) is 0 Å². The Morgan fingerprint density at radius 3 is 2.52 bits per heavy atom. The lowest BCUT2D eigenvalue weighted by atomic mass is 10.0. The predicted molar refractivity (Wildman–Crippen MR) is 89.1 cm³/mol. The predicted octanol–water partition coefficient (Wildman–Crippen LogP) is 2.15. The number of methoxy groups -OCH3 is 1. The number of carbonyl (C=O) groups is 1. The Labute approximate surface area is 132 Å². The first-order valence-electron chi connectivity index (χ1n) is 7.13. The third kappa shape index (κ3) is 5.81. The van der Waals surface area contributed by atoms with Crippen molar-refractivity contribution in [2.45, 2.75) is 26.8 Å². The molecule has 0 aliphatic rings. The second-order valence-electron chi connectivity index (χ2n) is 5.15. The van der Waals surface area contributed by atoms with E-state index in [1.807, 2.05) is 31.2 Å². The molecule has 0 saturated carbocycles. The summed E-state index contributed by atoms with van der Waals surface area (Å²) in [6.45, 7) is 6.63. The van der Waals surface area contributed by atoms with Crippen molar-refractivity contribution in [2.75, 3.05) is 20.2 Å². The van der Waals surface area contributed by atoms with Crippen molar-refractivity contribution < 1.29 is 9.53 Å². The van der Waals surface area contributed by atoms with Gasteiger partial charge in [-0.3, -0.25) is 9.69 Å². The van der Waals surface area contributed by atoms with Crippen molar-refractivity contribution in [1.29, 1.82) is 0 Å². The second-order valence-corrected chi connectivity index (χ2v) is 5.62. The van der Waals surface area contributed by atoms with Gasteiger partial charge in [0.1, 0.15) is 0 Å². The SMILES string of the molecule is CCN(Cc1ccccc1CC(=O)OC)CC(C)C(N)=S. The number of esters is 1. The van der Waals surface area contributed by atoms with Gasteiger partial charge in [0.05, 0.1) is 18.5 Å². The van der Waals surface area contributed by atoms with Gasteiger partial charge in [-0.1, -0.05) is 50.3 Å². The van der Waals surface area contributed by atoms with E-state index in [9.17, 15) is 4.79 Å². The van der Waals surface area contributed by atoms with Gasteiger partial charge < -0.3 is 10.5 Å². The Kier molecular flexibility index (Phi) is 7.32. The normalized spacial score (nSPS) is 12.2. The molecule has 0 amide bonds. The van der Waals surface area contributed by atoms with Crippen molar-refractivity contribution in [1.82, 2.24) is 4.90 Å². The van der Waals surface area contributed by atoms with Gasteiger partial charge in [-0.2, -0.15) is 0 Å². The Hall–Kier alpha value is -1.46. The van der Waals surface area contributed by atoms with E-state index in [1.165, 1.54) is 7.11 Å². The molecule has 1 aromatic rings. The molecule has 1 aromatic carbocycles. The van der Waals surface area contributed by atoms with Gasteiger partial charge >= 0.3 is 5.97 Å². The first-order chi connectivity index (χ1) is 9.97. The largest absolute Gasteiger partial charge is 0.469 e. The van der Waals surface area contributed by atoms with E-state index in [0.717, 1.165) is 30.8 Å². The molecule has 116 valence electrons. The summed E-state index contributed by atoms with van der Waals surface area (Å²) in [7, 11) is 1.41. The standard InChI is InChI=1S/C16H24N2O2S/c1-4-18(10-12(2)16(17)21)11-14-8-6-5-7-13(14)9-15(19)20-3/h5-8,12H,4,9-11H2,1-3H3,(H2,17,21). The molecule has 0 spiro atoms. The van der Waals surface area contributed by atoms with Crippen LogP contribution in [0.3, 0.4) is 0 Å². The number of nitrogens with zero attached hydrogens (tertiary/aromatic N) is 1. The molecule has 21 heavy (non-hydrogen) atoms. The highest BCUT2D eigenvalue weighted by Crippen LogP contribution is 2.14. The van der Waals surface area contributed by atoms with Gasteiger partial charge in [0, 0.05) is 19.0 Å². The Morgan fingerprint density at radius 1 is 1.38 bits per heavy atom. The summed E-state index contributed by atoms with van der Waals surface area (Å²) in [4.78, 5) is 14.3. The molecule has 2 N–H and O–H groups in total. The number of carbonyl (C=O) groups excluding carboxylic acids is 1. The second kappa shape index (κ2) is 8.74. The molecule has 0 bridgehead atoms. The average Bonchev–Trinajstić information content (AvgIpc) is 2.47. The molecule has 4 nitrogen and oxygen atoms in total. The minimum atomic E-state index is -0.220. The van der Waals surface area contributed by atoms with Gasteiger partial charge in [-0.15, -0.1) is 0 Å². The highest BCUT2D eigenvalue weighted by molar-refractivity contribution is 7.80. The van der Waals surface area contributed by atoms with Crippen LogP contribution in [0, 0.1) is 5.92 Å². The highest BCUT2D eigenvalue weighted by atomic mass is 32.1. The fourth-order valence-corrected chi connectivity index (χ4v) is 2.21. The van der Waals surface area contributed by atoms with Crippen LogP contribution < -0.4 is 5.73 Å². The molecule has 0 saturated heterocycles. The zero-order valence-corrected chi connectivity index (χ0v) is 13.8. The first kappa shape index (κ1) is 17.6. The monoisotopic (exact) mass is 308 g/mol. The molecule has 1 rings (SSSR count). The van der Waals surface area contributed by atoms with Gasteiger partial charge in [0.15, 0.2) is 0 Å². The van der Waals surface area contributed by atoms with Gasteiger partial charge in [0.2, 0.25) is 0 Å². The molecular formula is C16H24N2O2S. The smallest absolute Gasteiger partial charge is 0.309 e. The lowest BCUT2D eigenvalue weighted by molar-refractivity contribution is -0.139. The minimum absolute atomic E-state index is 0.174. The summed E-state index contributed by atoms with van der Waals surface area (Å²) >= 11 is 5.04. The molecule has 1 unspecified atom stereocenters. The maximum atomic E-state index is 11.5. The molecular weight excluding hydrogens is 284 g/mol. The van der Waals surface area contributed by atoms with E-state index >= 15 is 0 Å². The number of benzene rings is 1. The van der Waals surface area contributed by atoms with Gasteiger partial charge in [0.25, 0.3) is 0 Å². The summed E-state index contributed by atoms with van der Waals surface area (Å²) in [5, 5.41) is 0. The summed E-state index contributed by atoms with van der Waals surface area (Å²) in [6.07, 6.45) is 0.301. The van der Waals surface area contributed by atoms with Crippen LogP contribution in [0.4, 0.5) is 0 Å². The van der Waals surface area contributed by atoms with Gasteiger partial charge in [-0.05, 0) is 17.7 Å². The summed E-state index contributed by atoms with van der Waals surface area (Å²) in [6, 6.07) is 7.94. The summed E-state index contributed by atoms with van der Waals surface area (Å²) < 4.78 is 4.75. The van der Waals surface area contributed by atoms with E-state index < -0.39 is 0 Å². The summed E-state index contributed by atoms with van der Waals surface area (Å²) in [5.74, 6) is -0.0466. The fourth-order valence-electron chi connectivity index (χ4n) is 2.14. The minimum Gasteiger partial charge on any atom is -0.469 e. The zero-order valence-electron chi connectivity index (χ0n) is 13.0. The van der Waals surface area contributed by atoms with E-state index in [-0.39, 0.29) is 11.9 Å². The zero-order chi connectivity index (χ0) is 15.8. The fraction of sp³-hybridized carbons (Fsp3) is 0.500. The third-order valence-electron chi connectivity index (χ3n) is 3.54. The van der Waals surface area contributed by atoms with E-state index in [4.69, 9.17) is 22.7 Å². The maximum absolute atomic E-state index is 11.5. The number of hydrogen-bond acceptors (Lipinski definition) is 4. The number of nitrogens with two attached hydrogens (primary N) is 1. The van der Waals surface area contributed by atoms with Crippen LogP contribution in [0.2, 0.25) is 0 Å². The van der Waals surface area contributed by atoms with Crippen LogP contribution in [-0.4, -0.2) is 36.1 Å². The number of hydrogen-bond donors (Lipinski definition) is 1. The summed E-state index contributed by atoms with van der Waals surface area (Å²) in [5.41, 5.74) is 7.83. The van der Waals surface area contributed by atoms with Crippen LogP contribution in [-0.2, 0) is 22.5 Å². The Morgan fingerprint density at radius 2 is 2.00 bits per heavy atom. The number of thiocarbonyl (C=S) groups is 1. The molecule has 0 aliphatic carbocycles. The topological polar surface area (TPSA) is 55.6 Å². The molecule has 0 aliphatic heterocycles. The molecule has 0 radical (unpaired) electrons. The molecule has 1 atom stereocenters. The third-order valence-corrected chi connectivity index (χ3v) is 3.94. The molecule has 0 aromatic heterocycles. The van der Waals surface area contributed by atoms with E-state index in [0.29, 0.717) is 11.4 Å². The maximum Gasteiger partial charge on any atom is 0.309 e. The van der Waals surface area contributed by atoms with Crippen molar-refractivity contribution in [3.05, 3.63) is 35.4 Å². The van der Waals surface area contributed by atoms with Crippen LogP contribution in [0.15, 0.2) is 24.3 Å². The van der Waals surface area contributed by atoms with E-state index in [2.05, 4.69) is 11.8 Å². The molecule has 5 heteroatoms. The quantitative estimate of drug-likeness (QED) is 0.589. The van der Waals surface area contributed by atoms with Gasteiger partial charge in [-0.25, -0.2) is 0 Å². The molecule has 0 heterocycles. The van der Waals surface area contributed by atoms with E-state index in [1.54, 1.807) is 0 Å². The van der Waals surface area contributed by atoms with Crippen LogP contribution in [0.25, 0.3) is 0 Å². The van der Waals surface area contributed by atoms with Crippen molar-refractivity contribution in [2.24, 2.45) is 11.7 Å². The number of ether oxygens (including phenoxy) is 1. The Bertz CT molecular complexity index is 491. The van der Waals surface area contributed by atoms with Crippen molar-refractivity contribution in [3.8, 4) is 0 Å². The van der Waals surface area contributed by atoms with Crippen molar-refractivity contribution in [3.63, 3.8) is 0 Å². The molecule has 0 fully saturated rings. The Balaban J connectivity index is 2.80. The first-order valence-corrected chi connectivity index (χ1v) is 7.54.